The number of benzene rings is 1. The summed E-state index contributed by atoms with van der Waals surface area (Å²) in [5.74, 6) is 3.77. The Hall–Kier alpha value is -1.28. The molecule has 0 spiro atoms. The van der Waals surface area contributed by atoms with E-state index in [1.54, 1.807) is 7.11 Å². The molecule has 0 aliphatic heterocycles. The van der Waals surface area contributed by atoms with Crippen molar-refractivity contribution in [2.24, 2.45) is 0 Å². The zero-order valence-electron chi connectivity index (χ0n) is 13.6. The topological polar surface area (TPSA) is 38.7 Å². The molecule has 116 valence electrons. The van der Waals surface area contributed by atoms with Crippen LogP contribution < -0.4 is 4.74 Å². The molecule has 0 amide bonds. The number of aliphatic hydroxyl groups excluding tert-OH is 1. The molecular weight excluding hydrogens is 280 g/mol. The molecule has 1 aromatic carbocycles. The van der Waals surface area contributed by atoms with Gasteiger partial charge in [0.25, 0.3) is 0 Å². The SMILES string of the molecule is COc1ccc(CO[C@H](C)C[C@H](O)C#C[Si](C)(C)C)cc1. The van der Waals surface area contributed by atoms with Crippen molar-refractivity contribution >= 4 is 8.07 Å². The Morgan fingerprint density at radius 1 is 1.19 bits per heavy atom. The van der Waals surface area contributed by atoms with E-state index in [-0.39, 0.29) is 6.10 Å². The van der Waals surface area contributed by atoms with Gasteiger partial charge in [0.05, 0.1) is 19.8 Å². The fraction of sp³-hybridized carbons (Fsp3) is 0.529. The van der Waals surface area contributed by atoms with E-state index in [1.165, 1.54) is 0 Å². The Labute approximate surface area is 129 Å². The zero-order chi connectivity index (χ0) is 15.9. The molecule has 2 atom stereocenters. The molecule has 1 aromatic rings. The lowest BCUT2D eigenvalue weighted by molar-refractivity contribution is 0.0263. The second-order valence-electron chi connectivity index (χ2n) is 6.24. The number of ether oxygens (including phenoxy) is 2. The lowest BCUT2D eigenvalue weighted by atomic mass is 10.2. The van der Waals surface area contributed by atoms with Gasteiger partial charge in [-0.1, -0.05) is 37.7 Å². The molecule has 1 N–H and O–H groups in total. The summed E-state index contributed by atoms with van der Waals surface area (Å²) < 4.78 is 10.9. The molecule has 0 fully saturated rings. The van der Waals surface area contributed by atoms with E-state index in [1.807, 2.05) is 31.2 Å². The minimum atomic E-state index is -1.43. The van der Waals surface area contributed by atoms with Gasteiger partial charge in [-0.15, -0.1) is 5.54 Å². The first-order valence-electron chi connectivity index (χ1n) is 7.25. The summed E-state index contributed by atoms with van der Waals surface area (Å²) >= 11 is 0. The van der Waals surface area contributed by atoms with Crippen LogP contribution in [0.2, 0.25) is 19.6 Å². The van der Waals surface area contributed by atoms with Crippen LogP contribution in [0.4, 0.5) is 0 Å². The molecule has 0 radical (unpaired) electrons. The third-order valence-electron chi connectivity index (χ3n) is 2.86. The molecule has 0 bridgehead atoms. The van der Waals surface area contributed by atoms with Crippen molar-refractivity contribution in [3.63, 3.8) is 0 Å². The van der Waals surface area contributed by atoms with E-state index in [0.717, 1.165) is 11.3 Å². The summed E-state index contributed by atoms with van der Waals surface area (Å²) in [7, 11) is 0.224. The quantitative estimate of drug-likeness (QED) is 0.648. The highest BCUT2D eigenvalue weighted by atomic mass is 28.3. The highest BCUT2D eigenvalue weighted by Crippen LogP contribution is 2.13. The van der Waals surface area contributed by atoms with Gasteiger partial charge in [-0.25, -0.2) is 0 Å². The molecule has 0 heterocycles. The molecule has 1 rings (SSSR count). The van der Waals surface area contributed by atoms with Crippen molar-refractivity contribution in [3.8, 4) is 17.2 Å². The number of aliphatic hydroxyl groups is 1. The van der Waals surface area contributed by atoms with E-state index >= 15 is 0 Å². The monoisotopic (exact) mass is 306 g/mol. The van der Waals surface area contributed by atoms with Gasteiger partial charge >= 0.3 is 0 Å². The van der Waals surface area contributed by atoms with E-state index < -0.39 is 14.2 Å². The summed E-state index contributed by atoms with van der Waals surface area (Å²) in [5.41, 5.74) is 4.27. The van der Waals surface area contributed by atoms with Gasteiger partial charge in [0.2, 0.25) is 0 Å². The van der Waals surface area contributed by atoms with Gasteiger partial charge < -0.3 is 14.6 Å². The van der Waals surface area contributed by atoms with Crippen LogP contribution in [0.1, 0.15) is 18.9 Å². The normalized spacial score (nSPS) is 14.0. The van der Waals surface area contributed by atoms with E-state index in [9.17, 15) is 5.11 Å². The number of hydrogen-bond donors (Lipinski definition) is 1. The predicted octanol–water partition coefficient (Wildman–Crippen LogP) is 3.23. The van der Waals surface area contributed by atoms with Crippen LogP contribution >= 0.6 is 0 Å². The Morgan fingerprint density at radius 3 is 2.33 bits per heavy atom. The van der Waals surface area contributed by atoms with E-state index in [0.29, 0.717) is 13.0 Å². The molecule has 0 saturated heterocycles. The molecule has 0 saturated carbocycles. The van der Waals surface area contributed by atoms with Crippen LogP contribution in [0, 0.1) is 11.5 Å². The average Bonchev–Trinajstić information content (AvgIpc) is 2.43. The minimum Gasteiger partial charge on any atom is -0.497 e. The molecule has 0 unspecified atom stereocenters. The van der Waals surface area contributed by atoms with Gasteiger partial charge in [0.15, 0.2) is 0 Å². The summed E-state index contributed by atoms with van der Waals surface area (Å²) in [4.78, 5) is 0. The molecule has 0 aromatic heterocycles. The maximum atomic E-state index is 9.90. The third-order valence-corrected chi connectivity index (χ3v) is 3.76. The number of hydrogen-bond acceptors (Lipinski definition) is 3. The van der Waals surface area contributed by atoms with E-state index in [2.05, 4.69) is 31.1 Å². The smallest absolute Gasteiger partial charge is 0.129 e. The van der Waals surface area contributed by atoms with Crippen molar-refractivity contribution in [3.05, 3.63) is 29.8 Å². The number of rotatable bonds is 6. The fourth-order valence-electron chi connectivity index (χ4n) is 1.70. The molecule has 4 heteroatoms. The van der Waals surface area contributed by atoms with Gasteiger partial charge in [-0.2, -0.15) is 0 Å². The van der Waals surface area contributed by atoms with Gasteiger partial charge in [-0.05, 0) is 24.6 Å². The maximum Gasteiger partial charge on any atom is 0.129 e. The molecular formula is C17H26O3Si. The largest absolute Gasteiger partial charge is 0.497 e. The molecule has 3 nitrogen and oxygen atoms in total. The van der Waals surface area contributed by atoms with Crippen LogP contribution in [0.3, 0.4) is 0 Å². The van der Waals surface area contributed by atoms with Crippen LogP contribution in [0.15, 0.2) is 24.3 Å². The lowest BCUT2D eigenvalue weighted by Crippen LogP contribution is -2.20. The van der Waals surface area contributed by atoms with E-state index in [4.69, 9.17) is 9.47 Å². The van der Waals surface area contributed by atoms with Crippen molar-refractivity contribution < 1.29 is 14.6 Å². The maximum absolute atomic E-state index is 9.90. The van der Waals surface area contributed by atoms with Crippen molar-refractivity contribution in [1.82, 2.24) is 0 Å². The van der Waals surface area contributed by atoms with Crippen LogP contribution in [-0.4, -0.2) is 32.5 Å². The van der Waals surface area contributed by atoms with Crippen LogP contribution in [0.5, 0.6) is 5.75 Å². The van der Waals surface area contributed by atoms with Crippen LogP contribution in [0.25, 0.3) is 0 Å². The van der Waals surface area contributed by atoms with Gasteiger partial charge in [0, 0.05) is 6.42 Å². The standard InChI is InChI=1S/C17H26O3Si/c1-14(12-16(18)10-11-21(3,4)5)20-13-15-6-8-17(19-2)9-7-15/h6-9,14,16,18H,12-13H2,1-5H3/t14-,16-/m1/s1. The summed E-state index contributed by atoms with van der Waals surface area (Å²) in [6.45, 7) is 8.98. The van der Waals surface area contributed by atoms with Gasteiger partial charge in [0.1, 0.15) is 19.9 Å². The first-order valence-corrected chi connectivity index (χ1v) is 10.8. The van der Waals surface area contributed by atoms with Crippen molar-refractivity contribution in [2.45, 2.75) is 51.8 Å². The van der Waals surface area contributed by atoms with Crippen molar-refractivity contribution in [2.75, 3.05) is 7.11 Å². The Morgan fingerprint density at radius 2 is 1.81 bits per heavy atom. The average molecular weight is 306 g/mol. The van der Waals surface area contributed by atoms with Gasteiger partial charge in [-0.3, -0.25) is 0 Å². The first kappa shape index (κ1) is 17.8. The highest BCUT2D eigenvalue weighted by molar-refractivity contribution is 6.83. The first-order chi connectivity index (χ1) is 9.80. The second kappa shape index (κ2) is 8.23. The Balaban J connectivity index is 2.39. The highest BCUT2D eigenvalue weighted by Gasteiger charge is 2.11. The molecule has 0 aliphatic rings. The summed E-state index contributed by atoms with van der Waals surface area (Å²) in [6.07, 6.45) is -0.103. The zero-order valence-corrected chi connectivity index (χ0v) is 14.6. The summed E-state index contributed by atoms with van der Waals surface area (Å²) in [5, 5.41) is 9.90. The molecule has 0 aliphatic carbocycles. The third kappa shape index (κ3) is 7.91. The summed E-state index contributed by atoms with van der Waals surface area (Å²) in [6, 6.07) is 7.79. The molecule has 21 heavy (non-hydrogen) atoms. The van der Waals surface area contributed by atoms with Crippen LogP contribution in [-0.2, 0) is 11.3 Å². The number of methoxy groups -OCH3 is 1. The lowest BCUT2D eigenvalue weighted by Gasteiger charge is -2.15. The fourth-order valence-corrected chi connectivity index (χ4v) is 2.30. The van der Waals surface area contributed by atoms with Crippen molar-refractivity contribution in [1.29, 1.82) is 0 Å². The Kier molecular flexibility index (Phi) is 6.96. The Bertz CT molecular complexity index is 479. The predicted molar refractivity (Wildman–Crippen MR) is 89.0 cm³/mol. The second-order valence-corrected chi connectivity index (χ2v) is 11.0. The minimum absolute atomic E-state index is 0.0296.